The standard InChI is InChI=1S/C21H22N6O3S/c1-13(28)24-16-9-8-14(21(2,3)4)11-17(16)25-26-19-15(20(29)30-31)12-23-27(19)18-7-5-6-10-22-18/h5-12,31H,1-4H3,(H,24,28). The van der Waals surface area contributed by atoms with Crippen LogP contribution in [0.25, 0.3) is 5.82 Å². The Morgan fingerprint density at radius 2 is 1.94 bits per heavy atom. The Kier molecular flexibility index (Phi) is 6.50. The lowest BCUT2D eigenvalue weighted by Crippen LogP contribution is -2.12. The van der Waals surface area contributed by atoms with Crippen molar-refractivity contribution in [3.63, 3.8) is 0 Å². The molecule has 10 heteroatoms. The molecule has 0 bridgehead atoms. The molecule has 1 amide bonds. The highest BCUT2D eigenvalue weighted by Gasteiger charge is 2.21. The van der Waals surface area contributed by atoms with Gasteiger partial charge in [-0.2, -0.15) is 9.78 Å². The van der Waals surface area contributed by atoms with Gasteiger partial charge in [-0.3, -0.25) is 4.79 Å². The van der Waals surface area contributed by atoms with Gasteiger partial charge in [-0.05, 0) is 35.2 Å². The average Bonchev–Trinajstić information content (AvgIpc) is 3.15. The van der Waals surface area contributed by atoms with Crippen LogP contribution >= 0.6 is 12.9 Å². The number of hydrogen-bond acceptors (Lipinski definition) is 8. The zero-order valence-electron chi connectivity index (χ0n) is 17.5. The van der Waals surface area contributed by atoms with Crippen LogP contribution in [-0.4, -0.2) is 26.6 Å². The summed E-state index contributed by atoms with van der Waals surface area (Å²) in [5.74, 6) is -0.407. The number of carbonyl (C=O) groups is 2. The third kappa shape index (κ3) is 5.15. The van der Waals surface area contributed by atoms with Gasteiger partial charge in [0.05, 0.1) is 11.9 Å². The van der Waals surface area contributed by atoms with E-state index in [1.165, 1.54) is 17.8 Å². The van der Waals surface area contributed by atoms with Crippen LogP contribution in [0.1, 0.15) is 43.6 Å². The van der Waals surface area contributed by atoms with E-state index in [0.29, 0.717) is 17.2 Å². The number of rotatable bonds is 5. The van der Waals surface area contributed by atoms with E-state index in [4.69, 9.17) is 0 Å². The predicted molar refractivity (Wildman–Crippen MR) is 119 cm³/mol. The molecule has 0 aliphatic rings. The van der Waals surface area contributed by atoms with Gasteiger partial charge in [-0.15, -0.1) is 10.2 Å². The molecule has 0 radical (unpaired) electrons. The molecule has 0 atom stereocenters. The van der Waals surface area contributed by atoms with Crippen molar-refractivity contribution in [2.45, 2.75) is 33.1 Å². The number of carbonyl (C=O) groups excluding carboxylic acids is 2. The van der Waals surface area contributed by atoms with E-state index >= 15 is 0 Å². The number of nitrogens with one attached hydrogen (secondary N) is 1. The second kappa shape index (κ2) is 9.09. The van der Waals surface area contributed by atoms with Crippen LogP contribution in [0.15, 0.2) is 59.0 Å². The van der Waals surface area contributed by atoms with Crippen molar-refractivity contribution in [1.29, 1.82) is 0 Å². The van der Waals surface area contributed by atoms with E-state index in [0.717, 1.165) is 5.56 Å². The summed E-state index contributed by atoms with van der Waals surface area (Å²) >= 11 is 3.59. The summed E-state index contributed by atoms with van der Waals surface area (Å²) in [6.07, 6.45) is 2.90. The molecule has 0 saturated heterocycles. The van der Waals surface area contributed by atoms with Gasteiger partial charge in [0, 0.05) is 26.0 Å². The van der Waals surface area contributed by atoms with Crippen LogP contribution in [0, 0.1) is 0 Å². The molecule has 160 valence electrons. The highest BCUT2D eigenvalue weighted by molar-refractivity contribution is 7.75. The lowest BCUT2D eigenvalue weighted by atomic mass is 9.86. The molecule has 2 heterocycles. The van der Waals surface area contributed by atoms with E-state index in [2.05, 4.69) is 63.5 Å². The Bertz CT molecular complexity index is 1140. The zero-order valence-corrected chi connectivity index (χ0v) is 18.4. The summed E-state index contributed by atoms with van der Waals surface area (Å²) in [5, 5.41) is 15.5. The number of aromatic nitrogens is 3. The Balaban J connectivity index is 2.13. The first-order chi connectivity index (χ1) is 14.7. The first kappa shape index (κ1) is 22.2. The highest BCUT2D eigenvalue weighted by Crippen LogP contribution is 2.34. The Morgan fingerprint density at radius 3 is 2.55 bits per heavy atom. The van der Waals surface area contributed by atoms with E-state index in [-0.39, 0.29) is 22.7 Å². The summed E-state index contributed by atoms with van der Waals surface area (Å²) in [4.78, 5) is 28.0. The summed E-state index contributed by atoms with van der Waals surface area (Å²) in [6, 6.07) is 10.8. The monoisotopic (exact) mass is 438 g/mol. The Labute approximate surface area is 185 Å². The predicted octanol–water partition coefficient (Wildman–Crippen LogP) is 4.94. The van der Waals surface area contributed by atoms with E-state index < -0.39 is 5.97 Å². The van der Waals surface area contributed by atoms with E-state index in [1.807, 2.05) is 12.1 Å². The minimum atomic E-state index is -0.731. The number of nitrogens with zero attached hydrogens (tertiary/aromatic N) is 5. The molecule has 2 aromatic heterocycles. The van der Waals surface area contributed by atoms with Crippen LogP contribution in [0.3, 0.4) is 0 Å². The number of anilines is 1. The lowest BCUT2D eigenvalue weighted by molar-refractivity contribution is -0.114. The summed E-state index contributed by atoms with van der Waals surface area (Å²) < 4.78 is 5.91. The van der Waals surface area contributed by atoms with Crippen molar-refractivity contribution in [2.75, 3.05) is 5.32 Å². The normalized spacial score (nSPS) is 11.5. The van der Waals surface area contributed by atoms with Crippen LogP contribution in [0.5, 0.6) is 0 Å². The first-order valence-corrected chi connectivity index (χ1v) is 9.76. The minimum Gasteiger partial charge on any atom is -0.391 e. The summed E-state index contributed by atoms with van der Waals surface area (Å²) in [7, 11) is 0. The number of thiol groups is 1. The molecule has 31 heavy (non-hydrogen) atoms. The molecule has 3 rings (SSSR count). The summed E-state index contributed by atoms with van der Waals surface area (Å²) in [5.41, 5.74) is 1.85. The van der Waals surface area contributed by atoms with Gasteiger partial charge in [0.25, 0.3) is 0 Å². The fraction of sp³-hybridized carbons (Fsp3) is 0.238. The molecule has 0 aliphatic heterocycles. The lowest BCUT2D eigenvalue weighted by Gasteiger charge is -2.20. The van der Waals surface area contributed by atoms with Crippen LogP contribution < -0.4 is 5.32 Å². The van der Waals surface area contributed by atoms with E-state index in [1.54, 1.807) is 30.5 Å². The number of azo groups is 1. The van der Waals surface area contributed by atoms with Gasteiger partial charge in [-0.25, -0.2) is 9.78 Å². The van der Waals surface area contributed by atoms with Gasteiger partial charge in [0.1, 0.15) is 11.3 Å². The molecule has 0 spiro atoms. The first-order valence-electron chi connectivity index (χ1n) is 9.39. The largest absolute Gasteiger partial charge is 0.391 e. The average molecular weight is 439 g/mol. The Morgan fingerprint density at radius 1 is 1.16 bits per heavy atom. The van der Waals surface area contributed by atoms with Crippen molar-refractivity contribution < 1.29 is 13.8 Å². The molecule has 0 aliphatic carbocycles. The number of amides is 1. The number of hydrogen-bond donors (Lipinski definition) is 2. The van der Waals surface area contributed by atoms with Gasteiger partial charge in [0.2, 0.25) is 5.91 Å². The molecule has 1 N–H and O–H groups in total. The van der Waals surface area contributed by atoms with Crippen molar-refractivity contribution in [1.82, 2.24) is 14.8 Å². The third-order valence-corrected chi connectivity index (χ3v) is 4.51. The SMILES string of the molecule is CC(=O)Nc1ccc(C(C)(C)C)cc1N=Nc1c(C(=O)OS)cnn1-c1ccccn1. The minimum absolute atomic E-state index is 0.0671. The van der Waals surface area contributed by atoms with Crippen LogP contribution in [0.4, 0.5) is 17.2 Å². The van der Waals surface area contributed by atoms with Crippen molar-refractivity contribution in [3.05, 3.63) is 59.9 Å². The third-order valence-electron chi connectivity index (χ3n) is 4.34. The van der Waals surface area contributed by atoms with Gasteiger partial charge in [0.15, 0.2) is 11.6 Å². The topological polar surface area (TPSA) is 111 Å². The van der Waals surface area contributed by atoms with Crippen molar-refractivity contribution in [3.8, 4) is 5.82 Å². The Hall–Kier alpha value is -3.53. The van der Waals surface area contributed by atoms with E-state index in [9.17, 15) is 9.59 Å². The molecule has 0 unspecified atom stereocenters. The molecule has 3 aromatic rings. The van der Waals surface area contributed by atoms with Gasteiger partial charge >= 0.3 is 5.97 Å². The zero-order chi connectivity index (χ0) is 22.6. The van der Waals surface area contributed by atoms with Gasteiger partial charge in [-0.1, -0.05) is 32.9 Å². The maximum absolute atomic E-state index is 12.2. The number of pyridine rings is 1. The molecular weight excluding hydrogens is 416 g/mol. The highest BCUT2D eigenvalue weighted by atomic mass is 32.1. The maximum atomic E-state index is 12.2. The van der Waals surface area contributed by atoms with Gasteiger partial charge < -0.3 is 9.50 Å². The van der Waals surface area contributed by atoms with Crippen molar-refractivity contribution in [2.24, 2.45) is 10.2 Å². The summed E-state index contributed by atoms with van der Waals surface area (Å²) in [6.45, 7) is 7.62. The smallest absolute Gasteiger partial charge is 0.355 e. The van der Waals surface area contributed by atoms with Crippen LogP contribution in [-0.2, 0) is 14.4 Å². The van der Waals surface area contributed by atoms with Crippen LogP contribution in [0.2, 0.25) is 0 Å². The molecule has 9 nitrogen and oxygen atoms in total. The quantitative estimate of drug-likeness (QED) is 0.333. The second-order valence-corrected chi connectivity index (χ2v) is 7.91. The molecule has 0 fully saturated rings. The number of benzene rings is 1. The van der Waals surface area contributed by atoms with Crippen molar-refractivity contribution >= 4 is 42.0 Å². The second-order valence-electron chi connectivity index (χ2n) is 7.72. The fourth-order valence-electron chi connectivity index (χ4n) is 2.76. The molecule has 1 aromatic carbocycles. The molecular formula is C21H22N6O3S. The molecule has 0 saturated carbocycles. The fourth-order valence-corrected chi connectivity index (χ4v) is 2.85. The maximum Gasteiger partial charge on any atom is 0.355 e.